The van der Waals surface area contributed by atoms with E-state index in [9.17, 15) is 20.0 Å². The third-order valence-electron chi connectivity index (χ3n) is 6.71. The molecule has 1 amide bonds. The van der Waals surface area contributed by atoms with Gasteiger partial charge in [0.1, 0.15) is 17.7 Å². The summed E-state index contributed by atoms with van der Waals surface area (Å²) in [5.74, 6) is -0.559. The second-order valence-electron chi connectivity index (χ2n) is 9.03. The number of carbonyl (C=O) groups excluding carboxylic acids is 1. The highest BCUT2D eigenvalue weighted by Gasteiger charge is 2.51. The minimum atomic E-state index is -0.775. The Morgan fingerprint density at radius 1 is 1.03 bits per heavy atom. The van der Waals surface area contributed by atoms with Gasteiger partial charge in [0.05, 0.1) is 17.3 Å². The largest absolute Gasteiger partial charge is 0.481 e. The van der Waals surface area contributed by atoms with Gasteiger partial charge in [-0.3, -0.25) is 10.1 Å². The van der Waals surface area contributed by atoms with Crippen molar-refractivity contribution in [3.63, 3.8) is 0 Å². The van der Waals surface area contributed by atoms with Crippen molar-refractivity contribution in [3.8, 4) is 22.9 Å². The first-order chi connectivity index (χ1) is 17.9. The van der Waals surface area contributed by atoms with Crippen LogP contribution in [0.3, 0.4) is 0 Å². The normalized spacial score (nSPS) is 14.3. The van der Waals surface area contributed by atoms with Crippen LogP contribution in [0.15, 0.2) is 85.1 Å². The zero-order chi connectivity index (χ0) is 26.0. The molecule has 8 heteroatoms. The van der Waals surface area contributed by atoms with Gasteiger partial charge in [0.2, 0.25) is 0 Å². The smallest absolute Gasteiger partial charge is 0.413 e. The highest BCUT2D eigenvalue weighted by molar-refractivity contribution is 5.86. The van der Waals surface area contributed by atoms with E-state index in [1.54, 1.807) is 6.92 Å². The monoisotopic (exact) mass is 492 g/mol. The highest BCUT2D eigenvalue weighted by atomic mass is 16.6. The van der Waals surface area contributed by atoms with Crippen LogP contribution in [0.25, 0.3) is 16.8 Å². The minimum absolute atomic E-state index is 0.205. The number of hydrogen-bond acceptors (Lipinski definition) is 5. The Labute approximate surface area is 213 Å². The zero-order valence-corrected chi connectivity index (χ0v) is 20.1. The van der Waals surface area contributed by atoms with Gasteiger partial charge in [-0.1, -0.05) is 66.7 Å². The van der Waals surface area contributed by atoms with E-state index in [1.165, 1.54) is 10.9 Å². The fourth-order valence-electron chi connectivity index (χ4n) is 4.35. The number of carboxylic acids is 1. The number of rotatable bonds is 7. The molecule has 37 heavy (non-hydrogen) atoms. The molecular formula is C29H24N4O4. The molecule has 1 aliphatic rings. The number of hydrogen-bond donors (Lipinski definition) is 2. The summed E-state index contributed by atoms with van der Waals surface area (Å²) in [6.45, 7) is 1.77. The average Bonchev–Trinajstić information content (AvgIpc) is 3.65. The summed E-state index contributed by atoms with van der Waals surface area (Å²) < 4.78 is 6.97. The summed E-state index contributed by atoms with van der Waals surface area (Å²) in [6.07, 6.45) is 1.55. The Hall–Kier alpha value is -4.90. The van der Waals surface area contributed by atoms with Crippen molar-refractivity contribution >= 4 is 17.9 Å². The van der Waals surface area contributed by atoms with Crippen molar-refractivity contribution in [1.29, 1.82) is 5.26 Å². The van der Waals surface area contributed by atoms with Crippen molar-refractivity contribution in [3.05, 3.63) is 102 Å². The molecule has 0 radical (unpaired) electrons. The number of nitriles is 1. The van der Waals surface area contributed by atoms with Crippen LogP contribution < -0.4 is 5.32 Å². The predicted molar refractivity (Wildman–Crippen MR) is 137 cm³/mol. The van der Waals surface area contributed by atoms with Crippen LogP contribution in [0, 0.1) is 11.3 Å². The second-order valence-corrected chi connectivity index (χ2v) is 9.03. The van der Waals surface area contributed by atoms with Crippen molar-refractivity contribution in [2.45, 2.75) is 31.3 Å². The maximum atomic E-state index is 12.6. The molecule has 1 aromatic heterocycles. The van der Waals surface area contributed by atoms with Gasteiger partial charge in [0.25, 0.3) is 0 Å². The topological polar surface area (TPSA) is 117 Å². The Kier molecular flexibility index (Phi) is 6.20. The first kappa shape index (κ1) is 23.8. The standard InChI is InChI=1S/C29H24N4O4/c1-19(20-5-3-2-4-6-20)37-28(36)32-26-23(17-30)18-31-33(26)25-13-9-22(10-14-25)21-7-11-24(12-8-21)29(15-16-29)27(34)35/h2-14,18-19H,15-16H2,1H3,(H,32,36)(H,34,35)/t19-/m1/s1. The van der Waals surface area contributed by atoms with E-state index in [0.29, 0.717) is 18.5 Å². The van der Waals surface area contributed by atoms with Crippen molar-refractivity contribution in [1.82, 2.24) is 9.78 Å². The third kappa shape index (κ3) is 4.67. The quantitative estimate of drug-likeness (QED) is 0.335. The number of anilines is 1. The first-order valence-electron chi connectivity index (χ1n) is 11.9. The minimum Gasteiger partial charge on any atom is -0.481 e. The Morgan fingerprint density at radius 2 is 1.65 bits per heavy atom. The summed E-state index contributed by atoms with van der Waals surface area (Å²) in [6, 6.07) is 26.5. The van der Waals surface area contributed by atoms with Crippen LogP contribution in [0.5, 0.6) is 0 Å². The molecule has 1 saturated carbocycles. The molecule has 5 rings (SSSR count). The van der Waals surface area contributed by atoms with Gasteiger partial charge in [-0.2, -0.15) is 10.4 Å². The van der Waals surface area contributed by atoms with E-state index in [2.05, 4.69) is 10.4 Å². The van der Waals surface area contributed by atoms with Crippen LogP contribution in [0.4, 0.5) is 10.6 Å². The third-order valence-corrected chi connectivity index (χ3v) is 6.71. The molecule has 1 heterocycles. The van der Waals surface area contributed by atoms with Crippen molar-refractivity contribution in [2.24, 2.45) is 0 Å². The number of nitrogens with zero attached hydrogens (tertiary/aromatic N) is 3. The molecule has 0 bridgehead atoms. The number of carbonyl (C=O) groups is 2. The van der Waals surface area contributed by atoms with Gasteiger partial charge in [-0.05, 0) is 54.2 Å². The zero-order valence-electron chi connectivity index (χ0n) is 20.1. The number of aromatic nitrogens is 2. The number of nitrogens with one attached hydrogen (secondary N) is 1. The molecule has 184 valence electrons. The summed E-state index contributed by atoms with van der Waals surface area (Å²) in [5, 5.41) is 26.0. The van der Waals surface area contributed by atoms with Gasteiger partial charge in [0, 0.05) is 0 Å². The second kappa shape index (κ2) is 9.63. The lowest BCUT2D eigenvalue weighted by molar-refractivity contribution is -0.140. The number of amides is 1. The van der Waals surface area contributed by atoms with E-state index >= 15 is 0 Å². The Morgan fingerprint density at radius 3 is 2.22 bits per heavy atom. The summed E-state index contributed by atoms with van der Waals surface area (Å²) >= 11 is 0. The molecule has 8 nitrogen and oxygen atoms in total. The van der Waals surface area contributed by atoms with Crippen LogP contribution in [-0.4, -0.2) is 26.9 Å². The molecule has 1 aliphatic carbocycles. The van der Waals surface area contributed by atoms with Gasteiger partial charge in [-0.15, -0.1) is 0 Å². The summed E-state index contributed by atoms with van der Waals surface area (Å²) in [5.41, 5.74) is 3.69. The van der Waals surface area contributed by atoms with Gasteiger partial charge >= 0.3 is 12.1 Å². The molecule has 0 unspecified atom stereocenters. The summed E-state index contributed by atoms with van der Waals surface area (Å²) in [7, 11) is 0. The molecule has 0 spiro atoms. The molecule has 2 N–H and O–H groups in total. The number of carboxylic acid groups (broad SMARTS) is 1. The lowest BCUT2D eigenvalue weighted by Gasteiger charge is -2.15. The van der Waals surface area contributed by atoms with E-state index in [0.717, 1.165) is 22.3 Å². The predicted octanol–water partition coefficient (Wildman–Crippen LogP) is 5.84. The molecule has 3 aromatic carbocycles. The van der Waals surface area contributed by atoms with E-state index in [1.807, 2.05) is 84.9 Å². The maximum Gasteiger partial charge on any atom is 0.413 e. The molecule has 1 atom stereocenters. The maximum absolute atomic E-state index is 12.6. The Bertz CT molecular complexity index is 1480. The van der Waals surface area contributed by atoms with Gasteiger partial charge in [-0.25, -0.2) is 9.48 Å². The summed E-state index contributed by atoms with van der Waals surface area (Å²) in [4.78, 5) is 24.2. The fraction of sp³-hybridized carbons (Fsp3) is 0.172. The van der Waals surface area contributed by atoms with Crippen molar-refractivity contribution < 1.29 is 19.4 Å². The van der Waals surface area contributed by atoms with E-state index in [4.69, 9.17) is 4.74 Å². The fourth-order valence-corrected chi connectivity index (χ4v) is 4.35. The lowest BCUT2D eigenvalue weighted by Crippen LogP contribution is -2.19. The highest BCUT2D eigenvalue weighted by Crippen LogP contribution is 2.48. The SMILES string of the molecule is C[C@@H](OC(=O)Nc1c(C#N)cnn1-c1ccc(-c2ccc(C3(C(=O)O)CC3)cc2)cc1)c1ccccc1. The lowest BCUT2D eigenvalue weighted by atomic mass is 9.94. The van der Waals surface area contributed by atoms with Gasteiger partial charge in [0.15, 0.2) is 5.82 Å². The number of benzene rings is 3. The average molecular weight is 493 g/mol. The van der Waals surface area contributed by atoms with E-state index < -0.39 is 23.6 Å². The van der Waals surface area contributed by atoms with Gasteiger partial charge < -0.3 is 9.84 Å². The van der Waals surface area contributed by atoms with E-state index in [-0.39, 0.29) is 11.4 Å². The van der Waals surface area contributed by atoms with Crippen LogP contribution in [0.2, 0.25) is 0 Å². The molecule has 0 saturated heterocycles. The van der Waals surface area contributed by atoms with Crippen LogP contribution in [-0.2, 0) is 14.9 Å². The molecule has 0 aliphatic heterocycles. The molecular weight excluding hydrogens is 468 g/mol. The molecule has 4 aromatic rings. The van der Waals surface area contributed by atoms with Crippen molar-refractivity contribution in [2.75, 3.05) is 5.32 Å². The Balaban J connectivity index is 1.33. The molecule has 1 fully saturated rings. The van der Waals surface area contributed by atoms with Crippen LogP contribution in [0.1, 0.15) is 42.6 Å². The number of aliphatic carboxylic acids is 1. The first-order valence-corrected chi connectivity index (χ1v) is 11.9. The number of ether oxygens (including phenoxy) is 1. The van der Waals surface area contributed by atoms with Crippen LogP contribution >= 0.6 is 0 Å².